The van der Waals surface area contributed by atoms with Crippen molar-refractivity contribution in [3.63, 3.8) is 0 Å². The summed E-state index contributed by atoms with van der Waals surface area (Å²) in [6.45, 7) is 0.00704. The Labute approximate surface area is 226 Å². The number of methoxy groups -OCH3 is 1. The van der Waals surface area contributed by atoms with Crippen molar-refractivity contribution >= 4 is 21.6 Å². The summed E-state index contributed by atoms with van der Waals surface area (Å²) in [5.74, 6) is 0.295. The molecule has 1 fully saturated rings. The number of benzene rings is 3. The van der Waals surface area contributed by atoms with Gasteiger partial charge < -0.3 is 24.6 Å². The van der Waals surface area contributed by atoms with Crippen LogP contribution in [-0.4, -0.2) is 51.5 Å². The molecule has 2 heterocycles. The highest BCUT2D eigenvalue weighted by molar-refractivity contribution is 7.92. The van der Waals surface area contributed by atoms with Gasteiger partial charge >= 0.3 is 0 Å². The highest BCUT2D eigenvalue weighted by Crippen LogP contribution is 2.47. The Balaban J connectivity index is 1.28. The zero-order valence-corrected chi connectivity index (χ0v) is 22.0. The Bertz CT molecular complexity index is 1450. The maximum Gasteiger partial charge on any atom is 0.261 e. The first kappa shape index (κ1) is 26.9. The van der Waals surface area contributed by atoms with Crippen LogP contribution in [0.3, 0.4) is 0 Å². The zero-order chi connectivity index (χ0) is 27.6. The van der Waals surface area contributed by atoms with Crippen molar-refractivity contribution in [1.82, 2.24) is 5.32 Å². The van der Waals surface area contributed by atoms with Crippen molar-refractivity contribution in [2.24, 2.45) is 0 Å². The van der Waals surface area contributed by atoms with Crippen LogP contribution in [0, 0.1) is 5.82 Å². The van der Waals surface area contributed by atoms with Crippen LogP contribution in [0.4, 0.5) is 10.1 Å². The maximum atomic E-state index is 13.2. The van der Waals surface area contributed by atoms with Crippen LogP contribution in [0.5, 0.6) is 11.5 Å². The number of ether oxygens (including phenoxy) is 3. The summed E-state index contributed by atoms with van der Waals surface area (Å²) in [6, 6.07) is 16.9. The second-order valence-corrected chi connectivity index (χ2v) is 11.2. The smallest absolute Gasteiger partial charge is 0.261 e. The fourth-order valence-corrected chi connectivity index (χ4v) is 6.15. The number of sulfonamides is 1. The molecular formula is C28H29FN2O7S. The second-order valence-electron chi connectivity index (χ2n) is 9.51. The Morgan fingerprint density at radius 3 is 2.64 bits per heavy atom. The second kappa shape index (κ2) is 11.2. The number of amides is 1. The number of halogens is 1. The minimum atomic E-state index is -3.94. The molecule has 1 saturated heterocycles. The van der Waals surface area contributed by atoms with E-state index in [2.05, 4.69) is 10.0 Å². The Kier molecular flexibility index (Phi) is 7.74. The van der Waals surface area contributed by atoms with E-state index in [9.17, 15) is 22.7 Å². The predicted octanol–water partition coefficient (Wildman–Crippen LogP) is 3.34. The third-order valence-electron chi connectivity index (χ3n) is 6.96. The monoisotopic (exact) mass is 556 g/mol. The van der Waals surface area contributed by atoms with E-state index in [1.54, 1.807) is 25.3 Å². The van der Waals surface area contributed by atoms with Crippen molar-refractivity contribution in [2.75, 3.05) is 18.4 Å². The number of anilines is 1. The number of para-hydroxylation sites is 1. The quantitative estimate of drug-likeness (QED) is 0.370. The number of rotatable bonds is 9. The standard InChI is InChI=1S/C28H29FN2O7S/c1-36-24-5-3-2-4-17(24)15-30-27(33)14-20-13-23-22-12-19(8-11-25(22)38-28(23)26(16-32)37-20)31-39(34,35)21-9-6-18(29)7-10-21/h2-12,20,23,26,28,31-32H,13-16H2,1H3,(H,30,33)/t20-,23-,26+,28+/m1/s1. The molecule has 11 heteroatoms. The van der Waals surface area contributed by atoms with E-state index in [0.717, 1.165) is 23.3 Å². The number of aliphatic hydroxyl groups is 1. The first-order valence-electron chi connectivity index (χ1n) is 12.5. The summed E-state index contributed by atoms with van der Waals surface area (Å²) in [5, 5.41) is 12.9. The summed E-state index contributed by atoms with van der Waals surface area (Å²) < 4.78 is 58.8. The molecule has 0 saturated carbocycles. The van der Waals surface area contributed by atoms with Crippen LogP contribution in [0.2, 0.25) is 0 Å². The highest BCUT2D eigenvalue weighted by Gasteiger charge is 2.46. The van der Waals surface area contributed by atoms with Crippen molar-refractivity contribution in [3.8, 4) is 11.5 Å². The molecule has 0 spiro atoms. The summed E-state index contributed by atoms with van der Waals surface area (Å²) in [7, 11) is -2.37. The molecule has 1 amide bonds. The highest BCUT2D eigenvalue weighted by atomic mass is 32.2. The van der Waals surface area contributed by atoms with Gasteiger partial charge in [0.05, 0.1) is 31.1 Å². The van der Waals surface area contributed by atoms with Gasteiger partial charge in [-0.25, -0.2) is 12.8 Å². The van der Waals surface area contributed by atoms with Gasteiger partial charge in [-0.05, 0) is 55.0 Å². The van der Waals surface area contributed by atoms with Gasteiger partial charge in [-0.3, -0.25) is 9.52 Å². The van der Waals surface area contributed by atoms with Gasteiger partial charge in [-0.15, -0.1) is 0 Å². The summed E-state index contributed by atoms with van der Waals surface area (Å²) >= 11 is 0. The Hall–Kier alpha value is -3.67. The average Bonchev–Trinajstić information content (AvgIpc) is 3.29. The van der Waals surface area contributed by atoms with Crippen molar-refractivity contribution in [2.45, 2.75) is 48.5 Å². The topological polar surface area (TPSA) is 123 Å². The zero-order valence-electron chi connectivity index (χ0n) is 21.2. The number of hydrogen-bond donors (Lipinski definition) is 3. The SMILES string of the molecule is COc1ccccc1CNC(=O)C[C@H]1C[C@@H]2c3cc(NS(=O)(=O)c4ccc(F)cc4)ccc3O[C@@H]2[C@H](CO)O1. The summed E-state index contributed by atoms with van der Waals surface area (Å²) in [6.07, 6.45) is -1.06. The number of hydrogen-bond acceptors (Lipinski definition) is 7. The minimum absolute atomic E-state index is 0.0656. The van der Waals surface area contributed by atoms with Gasteiger partial charge in [-0.2, -0.15) is 0 Å². The van der Waals surface area contributed by atoms with Gasteiger partial charge in [-0.1, -0.05) is 18.2 Å². The van der Waals surface area contributed by atoms with Gasteiger partial charge in [0, 0.05) is 29.3 Å². The fourth-order valence-electron chi connectivity index (χ4n) is 5.10. The van der Waals surface area contributed by atoms with E-state index in [4.69, 9.17) is 14.2 Å². The van der Waals surface area contributed by atoms with E-state index < -0.39 is 34.2 Å². The Morgan fingerprint density at radius 2 is 1.90 bits per heavy atom. The van der Waals surface area contributed by atoms with Gasteiger partial charge in [0.25, 0.3) is 10.0 Å². The lowest BCUT2D eigenvalue weighted by molar-refractivity contribution is -0.142. The molecule has 3 aromatic carbocycles. The fraction of sp³-hybridized carbons (Fsp3) is 0.321. The molecule has 2 aliphatic rings. The van der Waals surface area contributed by atoms with E-state index in [1.165, 1.54) is 12.1 Å². The van der Waals surface area contributed by atoms with E-state index in [0.29, 0.717) is 30.2 Å². The van der Waals surface area contributed by atoms with E-state index >= 15 is 0 Å². The lowest BCUT2D eigenvalue weighted by Gasteiger charge is -2.37. The first-order chi connectivity index (χ1) is 18.8. The molecule has 3 N–H and O–H groups in total. The molecule has 9 nitrogen and oxygen atoms in total. The molecule has 0 aromatic heterocycles. The Morgan fingerprint density at radius 1 is 1.13 bits per heavy atom. The van der Waals surface area contributed by atoms with Crippen molar-refractivity contribution < 1.29 is 36.9 Å². The molecule has 0 unspecified atom stereocenters. The summed E-state index contributed by atoms with van der Waals surface area (Å²) in [5.41, 5.74) is 1.93. The lowest BCUT2D eigenvalue weighted by atomic mass is 9.84. The number of nitrogens with one attached hydrogen (secondary N) is 2. The van der Waals surface area contributed by atoms with Crippen LogP contribution in [-0.2, 0) is 26.1 Å². The molecule has 5 rings (SSSR count). The number of carbonyl (C=O) groups excluding carboxylic acids is 1. The van der Waals surface area contributed by atoms with E-state index in [-0.39, 0.29) is 29.7 Å². The number of carbonyl (C=O) groups is 1. The molecule has 0 radical (unpaired) electrons. The third kappa shape index (κ3) is 5.85. The van der Waals surface area contributed by atoms with Crippen molar-refractivity contribution in [1.29, 1.82) is 0 Å². The molecule has 0 bridgehead atoms. The van der Waals surface area contributed by atoms with Crippen LogP contribution in [0.25, 0.3) is 0 Å². The van der Waals surface area contributed by atoms with Crippen LogP contribution < -0.4 is 19.5 Å². The molecule has 4 atom stereocenters. The predicted molar refractivity (Wildman–Crippen MR) is 141 cm³/mol. The minimum Gasteiger partial charge on any atom is -0.496 e. The molecular weight excluding hydrogens is 527 g/mol. The van der Waals surface area contributed by atoms with Gasteiger partial charge in [0.1, 0.15) is 29.5 Å². The molecule has 206 valence electrons. The third-order valence-corrected chi connectivity index (χ3v) is 8.35. The van der Waals surface area contributed by atoms with Crippen molar-refractivity contribution in [3.05, 3.63) is 83.7 Å². The van der Waals surface area contributed by atoms with Crippen LogP contribution >= 0.6 is 0 Å². The van der Waals surface area contributed by atoms with E-state index in [1.807, 2.05) is 24.3 Å². The molecule has 2 aliphatic heterocycles. The van der Waals surface area contributed by atoms with Gasteiger partial charge in [0.15, 0.2) is 0 Å². The molecule has 39 heavy (non-hydrogen) atoms. The first-order valence-corrected chi connectivity index (χ1v) is 14.0. The number of fused-ring (bicyclic) bond motifs is 3. The number of aliphatic hydroxyl groups excluding tert-OH is 1. The largest absolute Gasteiger partial charge is 0.496 e. The summed E-state index contributed by atoms with van der Waals surface area (Å²) in [4.78, 5) is 12.7. The van der Waals surface area contributed by atoms with Gasteiger partial charge in [0.2, 0.25) is 5.91 Å². The van der Waals surface area contributed by atoms with Crippen LogP contribution in [0.15, 0.2) is 71.6 Å². The molecule has 3 aromatic rings. The molecule has 0 aliphatic carbocycles. The maximum absolute atomic E-state index is 13.2. The normalized spacial score (nSPS) is 21.8. The average molecular weight is 557 g/mol. The lowest BCUT2D eigenvalue weighted by Crippen LogP contribution is -2.47. The van der Waals surface area contributed by atoms with Crippen LogP contribution in [0.1, 0.15) is 29.9 Å².